The lowest BCUT2D eigenvalue weighted by atomic mass is 9.76. The fraction of sp³-hybridized carbons (Fsp3) is 0.226. The van der Waals surface area contributed by atoms with E-state index in [4.69, 9.17) is 4.74 Å². The molecule has 0 radical (unpaired) electrons. The van der Waals surface area contributed by atoms with E-state index in [0.29, 0.717) is 17.7 Å². The second-order valence-corrected chi connectivity index (χ2v) is 10.5. The average molecular weight is 553 g/mol. The third-order valence-corrected chi connectivity index (χ3v) is 8.43. The van der Waals surface area contributed by atoms with Gasteiger partial charge >= 0.3 is 5.97 Å². The molecule has 3 aliphatic rings. The Morgan fingerprint density at radius 2 is 1.80 bits per heavy atom. The van der Waals surface area contributed by atoms with Gasteiger partial charge in [-0.15, -0.1) is 0 Å². The first-order valence-corrected chi connectivity index (χ1v) is 13.4. The number of aromatic amines is 1. The lowest BCUT2D eigenvalue weighted by molar-refractivity contribution is -0.130. The van der Waals surface area contributed by atoms with E-state index in [1.165, 1.54) is 42.5 Å². The number of carbonyl (C=O) groups is 4. The van der Waals surface area contributed by atoms with Crippen molar-refractivity contribution < 1.29 is 28.3 Å². The number of H-pyrrole nitrogens is 1. The van der Waals surface area contributed by atoms with E-state index in [9.17, 15) is 23.6 Å². The SMILES string of the molecule is CCOC(=O)c1ccc(N2C(=O)[C@@H]3[C@H](Cc4c[nH]c5ccccc45)N[C@@]4(C(=O)Nc5ccc(F)cc54)[C@@H]3C2=O)cc1. The zero-order valence-electron chi connectivity index (χ0n) is 21.9. The minimum absolute atomic E-state index is 0.212. The molecule has 1 spiro atoms. The first-order valence-electron chi connectivity index (χ1n) is 13.4. The molecule has 1 aromatic heterocycles. The number of nitrogens with one attached hydrogen (secondary N) is 3. The van der Waals surface area contributed by atoms with Crippen LogP contribution in [0.3, 0.4) is 0 Å². The van der Waals surface area contributed by atoms with Gasteiger partial charge in [-0.05, 0) is 67.4 Å². The Balaban J connectivity index is 1.33. The summed E-state index contributed by atoms with van der Waals surface area (Å²) in [6, 6.07) is 17.1. The lowest BCUT2D eigenvalue weighted by Gasteiger charge is -2.29. The molecule has 9 nitrogen and oxygen atoms in total. The van der Waals surface area contributed by atoms with Gasteiger partial charge in [0.25, 0.3) is 0 Å². The molecule has 4 atom stereocenters. The summed E-state index contributed by atoms with van der Waals surface area (Å²) in [7, 11) is 0. The number of nitrogens with zero attached hydrogens (tertiary/aromatic N) is 1. The van der Waals surface area contributed by atoms with Gasteiger partial charge in [-0.25, -0.2) is 14.1 Å². The van der Waals surface area contributed by atoms with E-state index in [-0.39, 0.29) is 17.9 Å². The summed E-state index contributed by atoms with van der Waals surface area (Å²) < 4.78 is 19.6. The molecule has 2 saturated heterocycles. The maximum absolute atomic E-state index is 14.5. The molecule has 0 unspecified atom stereocenters. The van der Waals surface area contributed by atoms with Gasteiger partial charge in [0.2, 0.25) is 17.7 Å². The zero-order valence-corrected chi connectivity index (χ0v) is 21.9. The van der Waals surface area contributed by atoms with Gasteiger partial charge in [0.05, 0.1) is 29.7 Å². The van der Waals surface area contributed by atoms with Crippen LogP contribution >= 0.6 is 0 Å². The number of anilines is 2. The van der Waals surface area contributed by atoms with Crippen LogP contribution in [0.4, 0.5) is 15.8 Å². The third kappa shape index (κ3) is 3.57. The first kappa shape index (κ1) is 25.2. The molecule has 2 fully saturated rings. The van der Waals surface area contributed by atoms with Crippen LogP contribution in [0.2, 0.25) is 0 Å². The number of esters is 1. The van der Waals surface area contributed by atoms with E-state index in [1.54, 1.807) is 6.92 Å². The molecule has 4 heterocycles. The molecule has 7 rings (SSSR count). The number of halogens is 1. The lowest BCUT2D eigenvalue weighted by Crippen LogP contribution is -2.53. The maximum atomic E-state index is 14.5. The molecule has 0 bridgehead atoms. The predicted molar refractivity (Wildman–Crippen MR) is 148 cm³/mol. The number of hydrogen-bond donors (Lipinski definition) is 3. The monoisotopic (exact) mass is 552 g/mol. The number of rotatable bonds is 5. The number of carbonyl (C=O) groups excluding carboxylic acids is 4. The second kappa shape index (κ2) is 9.10. The Kier molecular flexibility index (Phi) is 5.58. The highest BCUT2D eigenvalue weighted by Crippen LogP contribution is 2.54. The summed E-state index contributed by atoms with van der Waals surface area (Å²) in [5, 5.41) is 7.12. The largest absolute Gasteiger partial charge is 0.462 e. The summed E-state index contributed by atoms with van der Waals surface area (Å²) >= 11 is 0. The number of fused-ring (bicyclic) bond motifs is 5. The highest BCUT2D eigenvalue weighted by Gasteiger charge is 2.70. The van der Waals surface area contributed by atoms with Crippen molar-refractivity contribution in [3.8, 4) is 0 Å². The van der Waals surface area contributed by atoms with Crippen LogP contribution in [0.5, 0.6) is 0 Å². The van der Waals surface area contributed by atoms with Crippen LogP contribution in [0, 0.1) is 17.7 Å². The maximum Gasteiger partial charge on any atom is 0.338 e. The van der Waals surface area contributed by atoms with Gasteiger partial charge in [0.15, 0.2) is 0 Å². The van der Waals surface area contributed by atoms with Crippen LogP contribution in [-0.4, -0.2) is 41.3 Å². The number of ether oxygens (including phenoxy) is 1. The number of para-hydroxylation sites is 1. The molecule has 0 saturated carbocycles. The van der Waals surface area contributed by atoms with Gasteiger partial charge in [0.1, 0.15) is 11.4 Å². The Labute approximate surface area is 233 Å². The Bertz CT molecular complexity index is 1770. The number of amides is 3. The van der Waals surface area contributed by atoms with Crippen molar-refractivity contribution in [3.63, 3.8) is 0 Å². The van der Waals surface area contributed by atoms with Crippen molar-refractivity contribution in [2.45, 2.75) is 24.9 Å². The fourth-order valence-electron chi connectivity index (χ4n) is 6.70. The summed E-state index contributed by atoms with van der Waals surface area (Å²) in [4.78, 5) is 58.5. The van der Waals surface area contributed by atoms with Crippen LogP contribution in [0.15, 0.2) is 72.9 Å². The van der Waals surface area contributed by atoms with E-state index < -0.39 is 52.9 Å². The normalized spacial score (nSPS) is 24.7. The quantitative estimate of drug-likeness (QED) is 0.257. The zero-order chi connectivity index (χ0) is 28.5. The number of imide groups is 1. The van der Waals surface area contributed by atoms with Crippen molar-refractivity contribution in [1.82, 2.24) is 10.3 Å². The molecule has 41 heavy (non-hydrogen) atoms. The number of hydrogen-bond acceptors (Lipinski definition) is 6. The molecular weight excluding hydrogens is 527 g/mol. The van der Waals surface area contributed by atoms with E-state index in [0.717, 1.165) is 21.4 Å². The molecule has 3 N–H and O–H groups in total. The molecule has 3 amide bonds. The summed E-state index contributed by atoms with van der Waals surface area (Å²) in [5.74, 6) is -4.62. The smallest absolute Gasteiger partial charge is 0.338 e. The van der Waals surface area contributed by atoms with Crippen molar-refractivity contribution in [3.05, 3.63) is 95.4 Å². The minimum atomic E-state index is -1.63. The number of aromatic nitrogens is 1. The minimum Gasteiger partial charge on any atom is -0.462 e. The van der Waals surface area contributed by atoms with Crippen LogP contribution in [0.25, 0.3) is 10.9 Å². The summed E-state index contributed by atoms with van der Waals surface area (Å²) in [6.45, 7) is 1.91. The van der Waals surface area contributed by atoms with Gasteiger partial charge in [-0.1, -0.05) is 18.2 Å². The third-order valence-electron chi connectivity index (χ3n) is 8.43. The van der Waals surface area contributed by atoms with Gasteiger partial charge in [-0.3, -0.25) is 19.7 Å². The Morgan fingerprint density at radius 3 is 2.59 bits per heavy atom. The molecule has 0 aliphatic carbocycles. The highest BCUT2D eigenvalue weighted by molar-refractivity contribution is 6.26. The van der Waals surface area contributed by atoms with Crippen LogP contribution < -0.4 is 15.5 Å². The van der Waals surface area contributed by atoms with Gasteiger partial charge in [-0.2, -0.15) is 0 Å². The Hall–Kier alpha value is -4.83. The van der Waals surface area contributed by atoms with E-state index >= 15 is 0 Å². The average Bonchev–Trinajstić information content (AvgIpc) is 3.68. The first-order chi connectivity index (χ1) is 19.8. The summed E-state index contributed by atoms with van der Waals surface area (Å²) in [6.07, 6.45) is 2.21. The molecule has 206 valence electrons. The Morgan fingerprint density at radius 1 is 1.02 bits per heavy atom. The molecule has 4 aromatic rings. The number of benzene rings is 3. The van der Waals surface area contributed by atoms with Crippen molar-refractivity contribution in [2.75, 3.05) is 16.8 Å². The molecular formula is C31H25FN4O5. The van der Waals surface area contributed by atoms with Crippen LogP contribution in [-0.2, 0) is 31.1 Å². The van der Waals surface area contributed by atoms with Crippen molar-refractivity contribution >= 4 is 46.0 Å². The molecule has 3 aliphatic heterocycles. The molecule has 10 heteroatoms. The predicted octanol–water partition coefficient (Wildman–Crippen LogP) is 3.65. The fourth-order valence-corrected chi connectivity index (χ4v) is 6.70. The standard InChI is InChI=1S/C31H25FN4O5/c1-2-41-29(39)16-7-10-19(11-8-16)36-27(37)25-24(13-17-15-33-22-6-4-3-5-20(17)22)35-31(26(25)28(36)38)21-14-18(32)9-12-23(21)34-30(31)40/h3-12,14-15,24-26,33,35H,2,13H2,1H3,(H,34,40)/t24-,25+,26-,31+/m0/s1. The second-order valence-electron chi connectivity index (χ2n) is 10.5. The van der Waals surface area contributed by atoms with E-state index in [1.807, 2.05) is 30.5 Å². The molecule has 3 aromatic carbocycles. The van der Waals surface area contributed by atoms with Gasteiger partial charge < -0.3 is 15.0 Å². The van der Waals surface area contributed by atoms with E-state index in [2.05, 4.69) is 15.6 Å². The highest BCUT2D eigenvalue weighted by atomic mass is 19.1. The van der Waals surface area contributed by atoms with Crippen molar-refractivity contribution in [1.29, 1.82) is 0 Å². The topological polar surface area (TPSA) is 121 Å². The van der Waals surface area contributed by atoms with Crippen molar-refractivity contribution in [2.24, 2.45) is 11.8 Å². The van der Waals surface area contributed by atoms with Crippen LogP contribution in [0.1, 0.15) is 28.4 Å². The summed E-state index contributed by atoms with van der Waals surface area (Å²) in [5.41, 5.74) is 1.48. The van der Waals surface area contributed by atoms with Gasteiger partial charge in [0, 0.05) is 34.4 Å².